The van der Waals surface area contributed by atoms with Crippen LogP contribution >= 0.6 is 0 Å². The van der Waals surface area contributed by atoms with Crippen LogP contribution in [0.2, 0.25) is 0 Å². The maximum Gasteiger partial charge on any atom is 0.251 e. The van der Waals surface area contributed by atoms with Gasteiger partial charge in [0, 0.05) is 32.0 Å². The van der Waals surface area contributed by atoms with Crippen molar-refractivity contribution in [1.82, 2.24) is 16.0 Å². The molecule has 0 aliphatic rings. The topological polar surface area (TPSA) is 87.3 Å². The van der Waals surface area contributed by atoms with Gasteiger partial charge >= 0.3 is 0 Å². The fraction of sp³-hybridized carbons (Fsp3) is 0.250. The largest absolute Gasteiger partial charge is 0.355 e. The van der Waals surface area contributed by atoms with Crippen LogP contribution in [-0.2, 0) is 16.0 Å². The van der Waals surface area contributed by atoms with E-state index in [1.165, 1.54) is 6.92 Å². The molecule has 0 aromatic heterocycles. The van der Waals surface area contributed by atoms with Crippen molar-refractivity contribution in [3.05, 3.63) is 71.8 Å². The van der Waals surface area contributed by atoms with Gasteiger partial charge in [-0.15, -0.1) is 0 Å². The highest BCUT2D eigenvalue weighted by Crippen LogP contribution is 2.05. The Bertz CT molecular complexity index is 732. The van der Waals surface area contributed by atoms with Crippen molar-refractivity contribution in [3.8, 4) is 0 Å². The van der Waals surface area contributed by atoms with Crippen LogP contribution in [0.4, 0.5) is 0 Å². The molecule has 3 N–H and O–H groups in total. The standard InChI is InChI=1S/C20H23N3O3/c1-15(24)21-12-13-22-20(26)18(14-16-8-4-2-5-9-16)23-19(25)17-10-6-3-7-11-17/h2-11,18H,12-14H2,1H3,(H,21,24)(H,22,26)(H,23,25)/t18-/m0/s1. The molecule has 0 spiro atoms. The number of hydrogen-bond donors (Lipinski definition) is 3. The van der Waals surface area contributed by atoms with Gasteiger partial charge in [-0.2, -0.15) is 0 Å². The molecule has 0 bridgehead atoms. The van der Waals surface area contributed by atoms with Gasteiger partial charge in [-0.25, -0.2) is 0 Å². The van der Waals surface area contributed by atoms with Crippen molar-refractivity contribution < 1.29 is 14.4 Å². The molecular formula is C20H23N3O3. The Morgan fingerprint density at radius 1 is 0.846 bits per heavy atom. The lowest BCUT2D eigenvalue weighted by Gasteiger charge is -2.19. The molecule has 0 radical (unpaired) electrons. The summed E-state index contributed by atoms with van der Waals surface area (Å²) in [5.74, 6) is -0.746. The van der Waals surface area contributed by atoms with Gasteiger partial charge in [0.15, 0.2) is 0 Å². The first-order valence-corrected chi connectivity index (χ1v) is 8.48. The van der Waals surface area contributed by atoms with Gasteiger partial charge in [-0.3, -0.25) is 14.4 Å². The van der Waals surface area contributed by atoms with Crippen molar-refractivity contribution in [2.75, 3.05) is 13.1 Å². The van der Waals surface area contributed by atoms with E-state index in [-0.39, 0.29) is 17.7 Å². The Morgan fingerprint density at radius 2 is 1.42 bits per heavy atom. The highest BCUT2D eigenvalue weighted by atomic mass is 16.2. The van der Waals surface area contributed by atoms with Gasteiger partial charge in [-0.1, -0.05) is 48.5 Å². The molecule has 0 unspecified atom stereocenters. The Balaban J connectivity index is 2.02. The SMILES string of the molecule is CC(=O)NCCNC(=O)[C@H](Cc1ccccc1)NC(=O)c1ccccc1. The molecule has 0 heterocycles. The molecule has 0 fully saturated rings. The fourth-order valence-electron chi connectivity index (χ4n) is 2.44. The summed E-state index contributed by atoms with van der Waals surface area (Å²) in [7, 11) is 0. The Kier molecular flexibility index (Phi) is 7.36. The smallest absolute Gasteiger partial charge is 0.251 e. The summed E-state index contributed by atoms with van der Waals surface area (Å²) in [6.07, 6.45) is 0.380. The lowest BCUT2D eigenvalue weighted by Crippen LogP contribution is -2.49. The third kappa shape index (κ3) is 6.39. The Labute approximate surface area is 153 Å². The average Bonchev–Trinajstić information content (AvgIpc) is 2.66. The molecule has 2 aromatic rings. The summed E-state index contributed by atoms with van der Waals surface area (Å²) in [6.45, 7) is 2.05. The number of hydrogen-bond acceptors (Lipinski definition) is 3. The highest BCUT2D eigenvalue weighted by molar-refractivity contribution is 5.97. The lowest BCUT2D eigenvalue weighted by molar-refractivity contribution is -0.123. The monoisotopic (exact) mass is 353 g/mol. The molecule has 2 rings (SSSR count). The normalized spacial score (nSPS) is 11.3. The van der Waals surface area contributed by atoms with Crippen LogP contribution in [0.5, 0.6) is 0 Å². The molecule has 0 saturated carbocycles. The van der Waals surface area contributed by atoms with Gasteiger partial charge in [0.05, 0.1) is 0 Å². The van der Waals surface area contributed by atoms with Gasteiger partial charge < -0.3 is 16.0 Å². The highest BCUT2D eigenvalue weighted by Gasteiger charge is 2.21. The summed E-state index contributed by atoms with van der Waals surface area (Å²) >= 11 is 0. The Morgan fingerprint density at radius 3 is 2.04 bits per heavy atom. The second-order valence-corrected chi connectivity index (χ2v) is 5.86. The molecule has 0 saturated heterocycles. The van der Waals surface area contributed by atoms with Crippen molar-refractivity contribution in [2.45, 2.75) is 19.4 Å². The maximum absolute atomic E-state index is 12.5. The number of amides is 3. The van der Waals surface area contributed by atoms with Crippen LogP contribution < -0.4 is 16.0 Å². The maximum atomic E-state index is 12.5. The molecule has 0 aliphatic heterocycles. The van der Waals surface area contributed by atoms with Crippen LogP contribution in [0.1, 0.15) is 22.8 Å². The zero-order valence-corrected chi connectivity index (χ0v) is 14.7. The first-order valence-electron chi connectivity index (χ1n) is 8.48. The molecule has 0 aliphatic carbocycles. The molecule has 2 aromatic carbocycles. The number of rotatable bonds is 8. The summed E-state index contributed by atoms with van der Waals surface area (Å²) in [5.41, 5.74) is 1.44. The number of carbonyl (C=O) groups is 3. The molecule has 136 valence electrons. The third-order valence-corrected chi connectivity index (χ3v) is 3.74. The van der Waals surface area contributed by atoms with E-state index in [9.17, 15) is 14.4 Å². The van der Waals surface area contributed by atoms with Gasteiger partial charge in [-0.05, 0) is 17.7 Å². The molecule has 26 heavy (non-hydrogen) atoms. The van der Waals surface area contributed by atoms with Gasteiger partial charge in [0.1, 0.15) is 6.04 Å². The fourth-order valence-corrected chi connectivity index (χ4v) is 2.44. The van der Waals surface area contributed by atoms with Crippen LogP contribution in [0.3, 0.4) is 0 Å². The number of carbonyl (C=O) groups excluding carboxylic acids is 3. The molecule has 1 atom stereocenters. The third-order valence-electron chi connectivity index (χ3n) is 3.74. The van der Waals surface area contributed by atoms with E-state index in [1.54, 1.807) is 24.3 Å². The second-order valence-electron chi connectivity index (χ2n) is 5.86. The van der Waals surface area contributed by atoms with Crippen LogP contribution in [-0.4, -0.2) is 36.9 Å². The predicted octanol–water partition coefficient (Wildman–Crippen LogP) is 1.28. The Hall–Kier alpha value is -3.15. The molecule has 6 heteroatoms. The van der Waals surface area contributed by atoms with Gasteiger partial charge in [0.25, 0.3) is 5.91 Å². The zero-order chi connectivity index (χ0) is 18.8. The minimum Gasteiger partial charge on any atom is -0.355 e. The zero-order valence-electron chi connectivity index (χ0n) is 14.7. The lowest BCUT2D eigenvalue weighted by atomic mass is 10.0. The minimum absolute atomic E-state index is 0.155. The second kappa shape index (κ2) is 9.98. The van der Waals surface area contributed by atoms with Crippen molar-refractivity contribution in [1.29, 1.82) is 0 Å². The molecular weight excluding hydrogens is 330 g/mol. The van der Waals surface area contributed by atoms with E-state index >= 15 is 0 Å². The van der Waals surface area contributed by atoms with E-state index < -0.39 is 6.04 Å². The van der Waals surface area contributed by atoms with Gasteiger partial charge in [0.2, 0.25) is 11.8 Å². The number of nitrogens with one attached hydrogen (secondary N) is 3. The van der Waals surface area contributed by atoms with E-state index in [0.717, 1.165) is 5.56 Å². The van der Waals surface area contributed by atoms with Crippen molar-refractivity contribution in [3.63, 3.8) is 0 Å². The quantitative estimate of drug-likeness (QED) is 0.625. The number of benzene rings is 2. The summed E-state index contributed by atoms with van der Waals surface area (Å²) < 4.78 is 0. The van der Waals surface area contributed by atoms with Crippen LogP contribution in [0, 0.1) is 0 Å². The average molecular weight is 353 g/mol. The van der Waals surface area contributed by atoms with Crippen LogP contribution in [0.15, 0.2) is 60.7 Å². The minimum atomic E-state index is -0.706. The molecule has 6 nitrogen and oxygen atoms in total. The van der Waals surface area contributed by atoms with E-state index in [2.05, 4.69) is 16.0 Å². The van der Waals surface area contributed by atoms with E-state index in [1.807, 2.05) is 36.4 Å². The predicted molar refractivity (Wildman–Crippen MR) is 99.5 cm³/mol. The summed E-state index contributed by atoms with van der Waals surface area (Å²) in [5, 5.41) is 8.15. The van der Waals surface area contributed by atoms with E-state index in [4.69, 9.17) is 0 Å². The first-order chi connectivity index (χ1) is 12.6. The first kappa shape index (κ1) is 19.2. The van der Waals surface area contributed by atoms with E-state index in [0.29, 0.717) is 25.1 Å². The van der Waals surface area contributed by atoms with Crippen LogP contribution in [0.25, 0.3) is 0 Å². The summed E-state index contributed by atoms with van der Waals surface area (Å²) in [6, 6.07) is 17.6. The molecule has 3 amide bonds. The van der Waals surface area contributed by atoms with Crippen molar-refractivity contribution in [2.24, 2.45) is 0 Å². The van der Waals surface area contributed by atoms with Crippen molar-refractivity contribution >= 4 is 17.7 Å². The summed E-state index contributed by atoms with van der Waals surface area (Å²) in [4.78, 5) is 35.8.